The molecule has 14 heavy (non-hydrogen) atoms. The Kier molecular flexibility index (Phi) is 3.17. The maximum Gasteiger partial charge on any atom is 0.0616 e. The zero-order valence-electron chi connectivity index (χ0n) is 8.57. The lowest BCUT2D eigenvalue weighted by Crippen LogP contribution is -2.28. The molecule has 0 aliphatic carbocycles. The van der Waals surface area contributed by atoms with Crippen molar-refractivity contribution in [2.24, 2.45) is 0 Å². The summed E-state index contributed by atoms with van der Waals surface area (Å²) >= 11 is 0. The van der Waals surface area contributed by atoms with Gasteiger partial charge in [0.1, 0.15) is 0 Å². The van der Waals surface area contributed by atoms with Crippen molar-refractivity contribution in [3.8, 4) is 0 Å². The molecule has 1 heterocycles. The molecule has 1 N–H and O–H groups in total. The summed E-state index contributed by atoms with van der Waals surface area (Å²) in [6.07, 6.45) is 2.44. The van der Waals surface area contributed by atoms with Crippen LogP contribution in [0, 0.1) is 0 Å². The largest absolute Gasteiger partial charge is 0.383 e. The van der Waals surface area contributed by atoms with Crippen LogP contribution >= 0.6 is 0 Å². The van der Waals surface area contributed by atoms with Gasteiger partial charge in [-0.25, -0.2) is 0 Å². The number of hydrogen-bond acceptors (Lipinski definition) is 2. The SMILES string of the molecule is COCC1CCC(c2ccccc2)N1. The maximum atomic E-state index is 5.15. The minimum atomic E-state index is 0.524. The van der Waals surface area contributed by atoms with Crippen LogP contribution in [0.3, 0.4) is 0 Å². The number of methoxy groups -OCH3 is 1. The zero-order valence-corrected chi connectivity index (χ0v) is 8.57. The van der Waals surface area contributed by atoms with Crippen molar-refractivity contribution in [1.82, 2.24) is 5.32 Å². The molecule has 2 atom stereocenters. The summed E-state index contributed by atoms with van der Waals surface area (Å²) in [6.45, 7) is 0.823. The van der Waals surface area contributed by atoms with Gasteiger partial charge in [-0.15, -0.1) is 0 Å². The summed E-state index contributed by atoms with van der Waals surface area (Å²) in [5.74, 6) is 0. The van der Waals surface area contributed by atoms with Crippen molar-refractivity contribution in [3.05, 3.63) is 35.9 Å². The lowest BCUT2D eigenvalue weighted by atomic mass is 10.1. The first kappa shape index (κ1) is 9.69. The zero-order chi connectivity index (χ0) is 9.80. The normalized spacial score (nSPS) is 26.6. The summed E-state index contributed by atoms with van der Waals surface area (Å²) in [5, 5.41) is 3.58. The number of hydrogen-bond donors (Lipinski definition) is 1. The van der Waals surface area contributed by atoms with E-state index in [1.165, 1.54) is 18.4 Å². The van der Waals surface area contributed by atoms with Gasteiger partial charge < -0.3 is 10.1 Å². The molecular formula is C12H17NO. The molecule has 76 valence electrons. The molecule has 1 aromatic carbocycles. The van der Waals surface area contributed by atoms with Crippen molar-refractivity contribution in [3.63, 3.8) is 0 Å². The van der Waals surface area contributed by atoms with Crippen molar-refractivity contribution < 1.29 is 4.74 Å². The average Bonchev–Trinajstić information content (AvgIpc) is 2.68. The summed E-state index contributed by atoms with van der Waals surface area (Å²) in [4.78, 5) is 0. The van der Waals surface area contributed by atoms with Gasteiger partial charge in [0.15, 0.2) is 0 Å². The van der Waals surface area contributed by atoms with Gasteiger partial charge in [-0.05, 0) is 18.4 Å². The second-order valence-corrected chi connectivity index (χ2v) is 3.86. The second kappa shape index (κ2) is 4.58. The fourth-order valence-electron chi connectivity index (χ4n) is 2.10. The van der Waals surface area contributed by atoms with E-state index in [2.05, 4.69) is 35.6 Å². The van der Waals surface area contributed by atoms with Crippen molar-refractivity contribution in [2.45, 2.75) is 24.9 Å². The molecule has 1 aliphatic heterocycles. The Hall–Kier alpha value is -0.860. The highest BCUT2D eigenvalue weighted by atomic mass is 16.5. The average molecular weight is 191 g/mol. The lowest BCUT2D eigenvalue weighted by molar-refractivity contribution is 0.172. The molecule has 1 aromatic rings. The maximum absolute atomic E-state index is 5.15. The monoisotopic (exact) mass is 191 g/mol. The number of rotatable bonds is 3. The molecule has 1 saturated heterocycles. The van der Waals surface area contributed by atoms with E-state index < -0.39 is 0 Å². The highest BCUT2D eigenvalue weighted by molar-refractivity contribution is 5.20. The Morgan fingerprint density at radius 1 is 1.29 bits per heavy atom. The van der Waals surface area contributed by atoms with Gasteiger partial charge in [-0.2, -0.15) is 0 Å². The van der Waals surface area contributed by atoms with Gasteiger partial charge in [0, 0.05) is 19.2 Å². The Balaban J connectivity index is 1.96. The van der Waals surface area contributed by atoms with Crippen molar-refractivity contribution in [1.29, 1.82) is 0 Å². The molecule has 0 amide bonds. The second-order valence-electron chi connectivity index (χ2n) is 3.86. The lowest BCUT2D eigenvalue weighted by Gasteiger charge is -2.13. The third-order valence-corrected chi connectivity index (χ3v) is 2.81. The molecule has 1 aliphatic rings. The first-order valence-corrected chi connectivity index (χ1v) is 5.20. The third kappa shape index (κ3) is 2.14. The summed E-state index contributed by atoms with van der Waals surface area (Å²) < 4.78 is 5.15. The van der Waals surface area contributed by atoms with Crippen LogP contribution in [0.4, 0.5) is 0 Å². The van der Waals surface area contributed by atoms with Gasteiger partial charge in [-0.3, -0.25) is 0 Å². The predicted octanol–water partition coefficient (Wildman–Crippen LogP) is 2.13. The molecule has 0 radical (unpaired) electrons. The van der Waals surface area contributed by atoms with Crippen molar-refractivity contribution in [2.75, 3.05) is 13.7 Å². The van der Waals surface area contributed by atoms with Gasteiger partial charge >= 0.3 is 0 Å². The topological polar surface area (TPSA) is 21.3 Å². The van der Waals surface area contributed by atoms with Gasteiger partial charge in [0.25, 0.3) is 0 Å². The number of ether oxygens (including phenoxy) is 1. The number of benzene rings is 1. The Morgan fingerprint density at radius 3 is 2.79 bits per heavy atom. The van der Waals surface area contributed by atoms with Crippen LogP contribution < -0.4 is 5.32 Å². The third-order valence-electron chi connectivity index (χ3n) is 2.81. The van der Waals surface area contributed by atoms with E-state index in [0.29, 0.717) is 12.1 Å². The molecule has 2 nitrogen and oxygen atoms in total. The summed E-state index contributed by atoms with van der Waals surface area (Å²) in [6, 6.07) is 11.7. The molecule has 2 heteroatoms. The van der Waals surface area contributed by atoms with Crippen LogP contribution in [0.1, 0.15) is 24.4 Å². The Bertz CT molecular complexity index is 273. The molecule has 0 aromatic heterocycles. The predicted molar refractivity (Wildman–Crippen MR) is 57.2 cm³/mol. The minimum absolute atomic E-state index is 0.524. The van der Waals surface area contributed by atoms with Crippen LogP contribution in [-0.4, -0.2) is 19.8 Å². The first-order chi connectivity index (χ1) is 6.90. The quantitative estimate of drug-likeness (QED) is 0.790. The van der Waals surface area contributed by atoms with Crippen molar-refractivity contribution >= 4 is 0 Å². The van der Waals surface area contributed by atoms with E-state index in [0.717, 1.165) is 6.61 Å². The summed E-state index contributed by atoms with van der Waals surface area (Å²) in [5.41, 5.74) is 1.39. The summed E-state index contributed by atoms with van der Waals surface area (Å²) in [7, 11) is 1.76. The smallest absolute Gasteiger partial charge is 0.0616 e. The highest BCUT2D eigenvalue weighted by Crippen LogP contribution is 2.26. The molecule has 0 saturated carbocycles. The van der Waals surface area contributed by atoms with E-state index in [9.17, 15) is 0 Å². The van der Waals surface area contributed by atoms with Gasteiger partial charge in [-0.1, -0.05) is 30.3 Å². The number of nitrogens with one attached hydrogen (secondary N) is 1. The first-order valence-electron chi connectivity index (χ1n) is 5.20. The van der Waals surface area contributed by atoms with Crippen LogP contribution in [0.5, 0.6) is 0 Å². The van der Waals surface area contributed by atoms with Crippen LogP contribution in [0.15, 0.2) is 30.3 Å². The van der Waals surface area contributed by atoms with E-state index in [4.69, 9.17) is 4.74 Å². The highest BCUT2D eigenvalue weighted by Gasteiger charge is 2.24. The molecule has 0 bridgehead atoms. The van der Waals surface area contributed by atoms with Crippen LogP contribution in [0.25, 0.3) is 0 Å². The van der Waals surface area contributed by atoms with E-state index in [1.54, 1.807) is 7.11 Å². The molecular weight excluding hydrogens is 174 g/mol. The minimum Gasteiger partial charge on any atom is -0.383 e. The Morgan fingerprint density at radius 2 is 2.07 bits per heavy atom. The molecule has 0 spiro atoms. The van der Waals surface area contributed by atoms with E-state index >= 15 is 0 Å². The van der Waals surface area contributed by atoms with Crippen LogP contribution in [0.2, 0.25) is 0 Å². The fraction of sp³-hybridized carbons (Fsp3) is 0.500. The fourth-order valence-corrected chi connectivity index (χ4v) is 2.10. The molecule has 2 rings (SSSR count). The van der Waals surface area contributed by atoms with Crippen LogP contribution in [-0.2, 0) is 4.74 Å². The standard InChI is InChI=1S/C12H17NO/c1-14-9-11-7-8-12(13-11)10-5-3-2-4-6-10/h2-6,11-13H,7-9H2,1H3. The molecule has 2 unspecified atom stereocenters. The Labute approximate surface area is 85.3 Å². The van der Waals surface area contributed by atoms with Gasteiger partial charge in [0.2, 0.25) is 0 Å². The van der Waals surface area contributed by atoms with E-state index in [-0.39, 0.29) is 0 Å². The molecule has 1 fully saturated rings. The van der Waals surface area contributed by atoms with E-state index in [1.807, 2.05) is 0 Å². The van der Waals surface area contributed by atoms with Gasteiger partial charge in [0.05, 0.1) is 6.61 Å².